The van der Waals surface area contributed by atoms with E-state index in [2.05, 4.69) is 0 Å². The number of amides is 1. The SMILES string of the molecule is CN(C)C(=O)C(OC(=O)C1CCN(S(=O)(=O)c2ccccc2C(F)(F)F)CC1)c1ccccc1. The number of likely N-dealkylation sites (N-methyl/N-ethyl adjacent to an activating group) is 1. The number of carbonyl (C=O) groups is 2. The van der Waals surface area contributed by atoms with E-state index < -0.39 is 50.6 Å². The van der Waals surface area contributed by atoms with Gasteiger partial charge in [0.05, 0.1) is 16.4 Å². The van der Waals surface area contributed by atoms with Crippen molar-refractivity contribution in [2.75, 3.05) is 27.2 Å². The van der Waals surface area contributed by atoms with Crippen LogP contribution >= 0.6 is 0 Å². The first-order chi connectivity index (χ1) is 15.9. The van der Waals surface area contributed by atoms with Gasteiger partial charge in [-0.25, -0.2) is 8.42 Å². The maximum atomic E-state index is 13.3. The van der Waals surface area contributed by atoms with Crippen molar-refractivity contribution in [3.63, 3.8) is 0 Å². The summed E-state index contributed by atoms with van der Waals surface area (Å²) in [6, 6.07) is 12.5. The molecule has 0 bridgehead atoms. The van der Waals surface area contributed by atoms with Crippen LogP contribution in [0.2, 0.25) is 0 Å². The summed E-state index contributed by atoms with van der Waals surface area (Å²) >= 11 is 0. The molecule has 0 radical (unpaired) electrons. The molecule has 1 fully saturated rings. The van der Waals surface area contributed by atoms with Crippen LogP contribution in [0.15, 0.2) is 59.5 Å². The molecule has 0 aromatic heterocycles. The Labute approximate surface area is 196 Å². The summed E-state index contributed by atoms with van der Waals surface area (Å²) in [7, 11) is -1.34. The van der Waals surface area contributed by atoms with Gasteiger partial charge in [0.25, 0.3) is 5.91 Å². The zero-order valence-electron chi connectivity index (χ0n) is 18.7. The molecule has 1 atom stereocenters. The van der Waals surface area contributed by atoms with Crippen LogP contribution < -0.4 is 0 Å². The van der Waals surface area contributed by atoms with Gasteiger partial charge in [-0.3, -0.25) is 9.59 Å². The van der Waals surface area contributed by atoms with Crippen molar-refractivity contribution >= 4 is 21.9 Å². The highest BCUT2D eigenvalue weighted by Gasteiger charge is 2.40. The quantitative estimate of drug-likeness (QED) is 0.570. The van der Waals surface area contributed by atoms with Crippen molar-refractivity contribution in [3.05, 3.63) is 65.7 Å². The number of carbonyl (C=O) groups excluding carboxylic acids is 2. The van der Waals surface area contributed by atoms with Crippen molar-refractivity contribution < 1.29 is 35.9 Å². The van der Waals surface area contributed by atoms with Gasteiger partial charge < -0.3 is 9.64 Å². The molecule has 1 aliphatic rings. The highest BCUT2D eigenvalue weighted by Crippen LogP contribution is 2.36. The lowest BCUT2D eigenvalue weighted by Crippen LogP contribution is -2.42. The Bertz CT molecular complexity index is 1130. The van der Waals surface area contributed by atoms with E-state index in [1.165, 1.54) is 25.1 Å². The van der Waals surface area contributed by atoms with Gasteiger partial charge >= 0.3 is 12.1 Å². The summed E-state index contributed by atoms with van der Waals surface area (Å²) in [6.07, 6.45) is -5.85. The number of sulfonamides is 1. The van der Waals surface area contributed by atoms with Crippen molar-refractivity contribution in [1.82, 2.24) is 9.21 Å². The van der Waals surface area contributed by atoms with Gasteiger partial charge in [0.15, 0.2) is 0 Å². The molecule has 0 N–H and O–H groups in total. The van der Waals surface area contributed by atoms with Crippen LogP contribution in [0.4, 0.5) is 13.2 Å². The fourth-order valence-electron chi connectivity index (χ4n) is 3.73. The Kier molecular flexibility index (Phi) is 7.67. The predicted octanol–water partition coefficient (Wildman–Crippen LogP) is 3.48. The number of ether oxygens (including phenoxy) is 1. The average molecular weight is 499 g/mol. The Morgan fingerprint density at radius 2 is 1.56 bits per heavy atom. The Hall–Kier alpha value is -2.92. The van der Waals surface area contributed by atoms with E-state index in [1.54, 1.807) is 30.3 Å². The number of hydrogen-bond donors (Lipinski definition) is 0. The van der Waals surface area contributed by atoms with E-state index in [4.69, 9.17) is 4.74 Å². The zero-order chi connectivity index (χ0) is 25.1. The number of alkyl halides is 3. The number of benzene rings is 2. The minimum absolute atomic E-state index is 0.0594. The summed E-state index contributed by atoms with van der Waals surface area (Å²) in [5.74, 6) is -1.77. The van der Waals surface area contributed by atoms with E-state index in [1.807, 2.05) is 0 Å². The topological polar surface area (TPSA) is 84.0 Å². The van der Waals surface area contributed by atoms with E-state index in [0.717, 1.165) is 22.5 Å². The van der Waals surface area contributed by atoms with E-state index >= 15 is 0 Å². The second kappa shape index (κ2) is 10.1. The first-order valence-electron chi connectivity index (χ1n) is 10.6. The summed E-state index contributed by atoms with van der Waals surface area (Å²) in [5, 5.41) is 0. The maximum absolute atomic E-state index is 13.3. The Morgan fingerprint density at radius 3 is 2.12 bits per heavy atom. The van der Waals surface area contributed by atoms with E-state index in [-0.39, 0.29) is 25.9 Å². The van der Waals surface area contributed by atoms with Gasteiger partial charge in [-0.05, 0) is 25.0 Å². The van der Waals surface area contributed by atoms with Gasteiger partial charge in [-0.2, -0.15) is 17.5 Å². The third-order valence-electron chi connectivity index (χ3n) is 5.60. The lowest BCUT2D eigenvalue weighted by molar-refractivity contribution is -0.164. The van der Waals surface area contributed by atoms with Crippen molar-refractivity contribution in [1.29, 1.82) is 0 Å². The van der Waals surface area contributed by atoms with E-state index in [9.17, 15) is 31.2 Å². The molecule has 1 unspecified atom stereocenters. The van der Waals surface area contributed by atoms with Crippen molar-refractivity contribution in [3.8, 4) is 0 Å². The molecule has 1 amide bonds. The van der Waals surface area contributed by atoms with E-state index in [0.29, 0.717) is 5.56 Å². The molecule has 7 nitrogen and oxygen atoms in total. The number of halogens is 3. The maximum Gasteiger partial charge on any atom is 0.417 e. The largest absolute Gasteiger partial charge is 0.447 e. The highest BCUT2D eigenvalue weighted by molar-refractivity contribution is 7.89. The fraction of sp³-hybridized carbons (Fsp3) is 0.391. The first-order valence-corrected chi connectivity index (χ1v) is 12.0. The van der Waals surface area contributed by atoms with Gasteiger partial charge in [0.1, 0.15) is 0 Å². The minimum Gasteiger partial charge on any atom is -0.447 e. The van der Waals surface area contributed by atoms with Crippen LogP contribution in [0.25, 0.3) is 0 Å². The number of hydrogen-bond acceptors (Lipinski definition) is 5. The molecule has 3 rings (SSSR count). The minimum atomic E-state index is -4.82. The second-order valence-electron chi connectivity index (χ2n) is 8.13. The molecule has 11 heteroatoms. The molecule has 1 heterocycles. The Morgan fingerprint density at radius 1 is 1.00 bits per heavy atom. The number of rotatable bonds is 6. The highest BCUT2D eigenvalue weighted by atomic mass is 32.2. The normalized spacial score (nSPS) is 16.6. The molecular formula is C23H25F3N2O5S. The van der Waals surface area contributed by atoms with Crippen LogP contribution in [0.3, 0.4) is 0 Å². The van der Waals surface area contributed by atoms with Crippen LogP contribution in [0.1, 0.15) is 30.1 Å². The lowest BCUT2D eigenvalue weighted by Gasteiger charge is -2.31. The molecule has 2 aromatic carbocycles. The molecule has 1 saturated heterocycles. The summed E-state index contributed by atoms with van der Waals surface area (Å²) in [4.78, 5) is 25.9. The number of nitrogens with zero attached hydrogens (tertiary/aromatic N) is 2. The third-order valence-corrected chi connectivity index (χ3v) is 7.56. The first kappa shape index (κ1) is 25.7. The van der Waals surface area contributed by atoms with Crippen molar-refractivity contribution in [2.24, 2.45) is 5.92 Å². The van der Waals surface area contributed by atoms with Gasteiger partial charge in [-0.1, -0.05) is 42.5 Å². The molecule has 184 valence electrons. The number of esters is 1. The van der Waals surface area contributed by atoms with Crippen LogP contribution in [0, 0.1) is 5.92 Å². The molecule has 0 saturated carbocycles. The number of piperidine rings is 1. The third kappa shape index (κ3) is 5.58. The van der Waals surface area contributed by atoms with Crippen LogP contribution in [-0.4, -0.2) is 56.7 Å². The molecule has 2 aromatic rings. The van der Waals surface area contributed by atoms with Gasteiger partial charge in [0, 0.05) is 32.7 Å². The van der Waals surface area contributed by atoms with Gasteiger partial charge in [-0.15, -0.1) is 0 Å². The van der Waals surface area contributed by atoms with Crippen molar-refractivity contribution in [2.45, 2.75) is 30.0 Å². The molecule has 1 aliphatic heterocycles. The predicted molar refractivity (Wildman–Crippen MR) is 117 cm³/mol. The average Bonchev–Trinajstić information content (AvgIpc) is 2.82. The van der Waals surface area contributed by atoms with Crippen LogP contribution in [0.5, 0.6) is 0 Å². The standard InChI is InChI=1S/C23H25F3N2O5S/c1-27(2)21(29)20(16-8-4-3-5-9-16)33-22(30)17-12-14-28(15-13-17)34(31,32)19-11-7-6-10-18(19)23(24,25)26/h3-11,17,20H,12-15H2,1-2H3. The molecular weight excluding hydrogens is 473 g/mol. The van der Waals surface area contributed by atoms with Gasteiger partial charge in [0.2, 0.25) is 16.1 Å². The zero-order valence-corrected chi connectivity index (χ0v) is 19.5. The smallest absolute Gasteiger partial charge is 0.417 e. The molecule has 0 aliphatic carbocycles. The lowest BCUT2D eigenvalue weighted by atomic mass is 9.98. The summed E-state index contributed by atoms with van der Waals surface area (Å²) < 4.78 is 72.3. The second-order valence-corrected chi connectivity index (χ2v) is 10.0. The summed E-state index contributed by atoms with van der Waals surface area (Å²) in [6.45, 7) is -0.294. The monoisotopic (exact) mass is 498 g/mol. The molecule has 0 spiro atoms. The fourth-order valence-corrected chi connectivity index (χ4v) is 5.41. The summed E-state index contributed by atoms with van der Waals surface area (Å²) in [5.41, 5.74) is -0.734. The van der Waals surface area contributed by atoms with Crippen LogP contribution in [-0.2, 0) is 30.5 Å². The Balaban J connectivity index is 1.72. The molecule has 34 heavy (non-hydrogen) atoms.